The van der Waals surface area contributed by atoms with Crippen LogP contribution in [0.3, 0.4) is 0 Å². The third-order valence-electron chi connectivity index (χ3n) is 5.07. The molecule has 1 saturated carbocycles. The van der Waals surface area contributed by atoms with Crippen LogP contribution in [0, 0.1) is 12.8 Å². The molecular formula is C22H24N2O3. The van der Waals surface area contributed by atoms with Gasteiger partial charge in [-0.05, 0) is 62.4 Å². The van der Waals surface area contributed by atoms with E-state index in [2.05, 4.69) is 5.32 Å². The molecule has 1 heterocycles. The molecule has 2 amide bonds. The Labute approximate surface area is 159 Å². The van der Waals surface area contributed by atoms with Gasteiger partial charge in [0.05, 0.1) is 0 Å². The number of fused-ring (bicyclic) bond motifs is 1. The van der Waals surface area contributed by atoms with Gasteiger partial charge in [-0.15, -0.1) is 0 Å². The van der Waals surface area contributed by atoms with Crippen LogP contribution in [0.15, 0.2) is 42.5 Å². The number of hydrogen-bond donors (Lipinski definition) is 1. The lowest BCUT2D eigenvalue weighted by Gasteiger charge is -2.30. The van der Waals surface area contributed by atoms with Gasteiger partial charge < -0.3 is 15.0 Å². The van der Waals surface area contributed by atoms with Crippen molar-refractivity contribution in [2.24, 2.45) is 5.92 Å². The fourth-order valence-electron chi connectivity index (χ4n) is 3.41. The highest BCUT2D eigenvalue weighted by Crippen LogP contribution is 2.36. The van der Waals surface area contributed by atoms with Crippen molar-refractivity contribution in [3.05, 3.63) is 53.6 Å². The summed E-state index contributed by atoms with van der Waals surface area (Å²) in [6.45, 7) is 2.71. The number of ether oxygens (including phenoxy) is 1. The standard InChI is InChI=1S/C22H24N2O3/c1-15-4-10-19(11-5-15)27-14-21(25)23-18-9-8-16-3-2-12-24(20(16)13-18)22(26)17-6-7-17/h4-5,8-11,13,17H,2-3,6-7,12,14H2,1H3,(H,23,25). The van der Waals surface area contributed by atoms with Crippen molar-refractivity contribution in [2.75, 3.05) is 23.4 Å². The largest absolute Gasteiger partial charge is 0.484 e. The van der Waals surface area contributed by atoms with E-state index in [-0.39, 0.29) is 24.3 Å². The lowest BCUT2D eigenvalue weighted by Crippen LogP contribution is -2.36. The van der Waals surface area contributed by atoms with Crippen LogP contribution in [0.2, 0.25) is 0 Å². The average molecular weight is 364 g/mol. The summed E-state index contributed by atoms with van der Waals surface area (Å²) >= 11 is 0. The molecule has 0 unspecified atom stereocenters. The van der Waals surface area contributed by atoms with Gasteiger partial charge in [0.15, 0.2) is 6.61 Å². The molecule has 27 heavy (non-hydrogen) atoms. The first-order chi connectivity index (χ1) is 13.1. The number of anilines is 2. The van der Waals surface area contributed by atoms with Crippen LogP contribution in [0.25, 0.3) is 0 Å². The van der Waals surface area contributed by atoms with Crippen LogP contribution < -0.4 is 15.0 Å². The van der Waals surface area contributed by atoms with E-state index < -0.39 is 0 Å². The zero-order valence-electron chi connectivity index (χ0n) is 15.5. The highest BCUT2D eigenvalue weighted by Gasteiger charge is 2.35. The number of hydrogen-bond acceptors (Lipinski definition) is 3. The van der Waals surface area contributed by atoms with E-state index in [0.717, 1.165) is 43.5 Å². The highest BCUT2D eigenvalue weighted by atomic mass is 16.5. The van der Waals surface area contributed by atoms with Crippen molar-refractivity contribution < 1.29 is 14.3 Å². The minimum Gasteiger partial charge on any atom is -0.484 e. The van der Waals surface area contributed by atoms with E-state index in [4.69, 9.17) is 4.74 Å². The zero-order chi connectivity index (χ0) is 18.8. The summed E-state index contributed by atoms with van der Waals surface area (Å²) in [6.07, 6.45) is 3.95. The molecule has 1 aliphatic carbocycles. The van der Waals surface area contributed by atoms with Crippen molar-refractivity contribution in [3.63, 3.8) is 0 Å². The van der Waals surface area contributed by atoms with Gasteiger partial charge in [0.2, 0.25) is 5.91 Å². The molecule has 0 radical (unpaired) electrons. The molecule has 2 aliphatic rings. The summed E-state index contributed by atoms with van der Waals surface area (Å²) in [5.41, 5.74) is 3.95. The molecule has 0 bridgehead atoms. The maximum atomic E-state index is 12.6. The van der Waals surface area contributed by atoms with Gasteiger partial charge in [-0.2, -0.15) is 0 Å². The lowest BCUT2D eigenvalue weighted by molar-refractivity contribution is -0.120. The predicted molar refractivity (Wildman–Crippen MR) is 105 cm³/mol. The molecule has 1 aliphatic heterocycles. The molecule has 1 N–H and O–H groups in total. The summed E-state index contributed by atoms with van der Waals surface area (Å²) in [5.74, 6) is 0.869. The number of carbonyl (C=O) groups is 2. The number of nitrogens with zero attached hydrogens (tertiary/aromatic N) is 1. The van der Waals surface area contributed by atoms with Crippen LogP contribution in [0.1, 0.15) is 30.4 Å². The maximum Gasteiger partial charge on any atom is 0.262 e. The Morgan fingerprint density at radius 3 is 2.67 bits per heavy atom. The Morgan fingerprint density at radius 1 is 1.15 bits per heavy atom. The summed E-state index contributed by atoms with van der Waals surface area (Å²) in [6, 6.07) is 13.4. The lowest BCUT2D eigenvalue weighted by atomic mass is 10.0. The van der Waals surface area contributed by atoms with Crippen LogP contribution in [0.5, 0.6) is 5.75 Å². The smallest absolute Gasteiger partial charge is 0.262 e. The van der Waals surface area contributed by atoms with Crippen molar-refractivity contribution in [1.29, 1.82) is 0 Å². The number of nitrogens with one attached hydrogen (secondary N) is 1. The summed E-state index contributed by atoms with van der Waals surface area (Å²) in [4.78, 5) is 26.7. The second kappa shape index (κ2) is 7.43. The third-order valence-corrected chi connectivity index (χ3v) is 5.07. The highest BCUT2D eigenvalue weighted by molar-refractivity contribution is 5.99. The van der Waals surface area contributed by atoms with Crippen molar-refractivity contribution in [1.82, 2.24) is 0 Å². The molecule has 2 aromatic rings. The first-order valence-electron chi connectivity index (χ1n) is 9.54. The molecule has 140 valence electrons. The first kappa shape index (κ1) is 17.6. The number of carbonyl (C=O) groups excluding carboxylic acids is 2. The van der Waals surface area contributed by atoms with Gasteiger partial charge in [-0.3, -0.25) is 9.59 Å². The van der Waals surface area contributed by atoms with Crippen molar-refractivity contribution in [3.8, 4) is 5.75 Å². The van der Waals surface area contributed by atoms with E-state index >= 15 is 0 Å². The molecule has 2 aromatic carbocycles. The van der Waals surface area contributed by atoms with E-state index in [1.807, 2.05) is 54.3 Å². The number of aryl methyl sites for hydroxylation is 2. The predicted octanol–water partition coefficient (Wildman–Crippen LogP) is 3.70. The molecule has 1 fully saturated rings. The average Bonchev–Trinajstić information content (AvgIpc) is 3.52. The summed E-state index contributed by atoms with van der Waals surface area (Å²) in [7, 11) is 0. The summed E-state index contributed by atoms with van der Waals surface area (Å²) in [5, 5.41) is 2.88. The SMILES string of the molecule is Cc1ccc(OCC(=O)Nc2ccc3c(c2)N(C(=O)C2CC2)CCC3)cc1. The van der Waals surface area contributed by atoms with Crippen LogP contribution in [-0.2, 0) is 16.0 Å². The molecule has 0 atom stereocenters. The Morgan fingerprint density at radius 2 is 1.93 bits per heavy atom. The monoisotopic (exact) mass is 364 g/mol. The molecule has 5 nitrogen and oxygen atoms in total. The fraction of sp³-hybridized carbons (Fsp3) is 0.364. The number of benzene rings is 2. The Bertz CT molecular complexity index is 856. The normalized spacial score (nSPS) is 15.8. The van der Waals surface area contributed by atoms with Gasteiger partial charge >= 0.3 is 0 Å². The summed E-state index contributed by atoms with van der Waals surface area (Å²) < 4.78 is 5.53. The van der Waals surface area contributed by atoms with E-state index in [9.17, 15) is 9.59 Å². The van der Waals surface area contributed by atoms with Gasteiger partial charge in [-0.1, -0.05) is 23.8 Å². The van der Waals surface area contributed by atoms with Gasteiger partial charge in [-0.25, -0.2) is 0 Å². The molecule has 0 aromatic heterocycles. The van der Waals surface area contributed by atoms with E-state index in [0.29, 0.717) is 11.4 Å². The quantitative estimate of drug-likeness (QED) is 0.880. The van der Waals surface area contributed by atoms with Crippen molar-refractivity contribution in [2.45, 2.75) is 32.6 Å². The minimum atomic E-state index is -0.216. The fourth-order valence-corrected chi connectivity index (χ4v) is 3.41. The maximum absolute atomic E-state index is 12.6. The Balaban J connectivity index is 1.41. The van der Waals surface area contributed by atoms with Crippen LogP contribution >= 0.6 is 0 Å². The molecule has 0 saturated heterocycles. The van der Waals surface area contributed by atoms with Gasteiger partial charge in [0.25, 0.3) is 5.91 Å². The number of amides is 2. The Hall–Kier alpha value is -2.82. The van der Waals surface area contributed by atoms with Gasteiger partial charge in [0.1, 0.15) is 5.75 Å². The van der Waals surface area contributed by atoms with E-state index in [1.165, 1.54) is 5.56 Å². The minimum absolute atomic E-state index is 0.0507. The molecule has 5 heteroatoms. The Kier molecular flexibility index (Phi) is 4.84. The van der Waals surface area contributed by atoms with Crippen molar-refractivity contribution >= 4 is 23.2 Å². The second-order valence-electron chi connectivity index (χ2n) is 7.36. The number of rotatable bonds is 5. The van der Waals surface area contributed by atoms with Gasteiger partial charge in [0, 0.05) is 23.8 Å². The second-order valence-corrected chi connectivity index (χ2v) is 7.36. The van der Waals surface area contributed by atoms with Crippen LogP contribution in [0.4, 0.5) is 11.4 Å². The first-order valence-corrected chi connectivity index (χ1v) is 9.54. The van der Waals surface area contributed by atoms with Crippen LogP contribution in [-0.4, -0.2) is 25.0 Å². The van der Waals surface area contributed by atoms with E-state index in [1.54, 1.807) is 0 Å². The molecule has 4 rings (SSSR count). The topological polar surface area (TPSA) is 58.6 Å². The zero-order valence-corrected chi connectivity index (χ0v) is 15.5. The third kappa shape index (κ3) is 4.13. The molecular weight excluding hydrogens is 340 g/mol. The molecule has 0 spiro atoms.